The molecule has 20 heavy (non-hydrogen) atoms. The van der Waals surface area contributed by atoms with Crippen LogP contribution in [-0.2, 0) is 9.53 Å². The molecule has 3 rings (SSSR count). The number of hydrogen-bond donors (Lipinski definition) is 0. The van der Waals surface area contributed by atoms with Crippen molar-refractivity contribution in [2.45, 2.75) is 0 Å². The average Bonchev–Trinajstić information content (AvgIpc) is 3.10. The van der Waals surface area contributed by atoms with Crippen LogP contribution in [0.15, 0.2) is 52.5 Å². The summed E-state index contributed by atoms with van der Waals surface area (Å²) in [5.41, 5.74) is 1.13. The van der Waals surface area contributed by atoms with Crippen molar-refractivity contribution in [1.29, 1.82) is 0 Å². The highest BCUT2D eigenvalue weighted by atomic mass is 32.1. The van der Waals surface area contributed by atoms with E-state index >= 15 is 0 Å². The molecule has 4 nitrogen and oxygen atoms in total. The summed E-state index contributed by atoms with van der Waals surface area (Å²) >= 11 is 1.48. The van der Waals surface area contributed by atoms with Gasteiger partial charge < -0.3 is 9.47 Å². The first kappa shape index (κ1) is 12.6. The highest BCUT2D eigenvalue weighted by Crippen LogP contribution is 2.22. The Balaban J connectivity index is 1.93. The van der Waals surface area contributed by atoms with E-state index < -0.39 is 5.97 Å². The third kappa shape index (κ3) is 2.48. The van der Waals surface area contributed by atoms with E-state index in [2.05, 4.69) is 4.99 Å². The zero-order chi connectivity index (χ0) is 13.9. The molecular formula is C15H11NO3S. The molecule has 0 unspecified atom stereocenters. The Morgan fingerprint density at radius 1 is 1.30 bits per heavy atom. The van der Waals surface area contributed by atoms with E-state index in [0.29, 0.717) is 11.6 Å². The minimum atomic E-state index is -0.434. The standard InChI is InChI=1S/C15H11NO3S/c1-18-11-5-2-4-10(8-11)9-12-15(17)19-14(16-12)13-6-3-7-20-13/h2-9H,1H3. The quantitative estimate of drug-likeness (QED) is 0.643. The number of ether oxygens (including phenoxy) is 2. The zero-order valence-electron chi connectivity index (χ0n) is 10.7. The van der Waals surface area contributed by atoms with E-state index in [1.54, 1.807) is 13.2 Å². The number of benzene rings is 1. The van der Waals surface area contributed by atoms with Gasteiger partial charge in [0.05, 0.1) is 12.0 Å². The first-order valence-corrected chi connectivity index (χ1v) is 6.85. The summed E-state index contributed by atoms with van der Waals surface area (Å²) in [5.74, 6) is 0.656. The van der Waals surface area contributed by atoms with E-state index in [0.717, 1.165) is 16.2 Å². The molecule has 0 amide bonds. The lowest BCUT2D eigenvalue weighted by Gasteiger charge is -2.00. The molecule has 0 atom stereocenters. The van der Waals surface area contributed by atoms with Crippen LogP contribution in [-0.4, -0.2) is 19.0 Å². The average molecular weight is 285 g/mol. The van der Waals surface area contributed by atoms with E-state index in [1.165, 1.54) is 11.3 Å². The number of thiophene rings is 1. The smallest absolute Gasteiger partial charge is 0.363 e. The van der Waals surface area contributed by atoms with Gasteiger partial charge >= 0.3 is 5.97 Å². The highest BCUT2D eigenvalue weighted by molar-refractivity contribution is 7.12. The number of rotatable bonds is 3. The fraction of sp³-hybridized carbons (Fsp3) is 0.0667. The van der Waals surface area contributed by atoms with Gasteiger partial charge in [-0.2, -0.15) is 0 Å². The minimum Gasteiger partial charge on any atom is -0.497 e. The Kier molecular flexibility index (Phi) is 3.35. The van der Waals surface area contributed by atoms with Crippen LogP contribution in [0.25, 0.3) is 6.08 Å². The van der Waals surface area contributed by atoms with Crippen LogP contribution < -0.4 is 4.74 Å². The fourth-order valence-corrected chi connectivity index (χ4v) is 2.45. The molecule has 0 aliphatic carbocycles. The van der Waals surface area contributed by atoms with Gasteiger partial charge in [-0.05, 0) is 35.2 Å². The molecule has 0 saturated carbocycles. The van der Waals surface area contributed by atoms with Gasteiger partial charge in [-0.25, -0.2) is 9.79 Å². The number of nitrogens with zero attached hydrogens (tertiary/aromatic N) is 1. The summed E-state index contributed by atoms with van der Waals surface area (Å²) in [5, 5.41) is 1.91. The lowest BCUT2D eigenvalue weighted by Crippen LogP contribution is -2.03. The largest absolute Gasteiger partial charge is 0.497 e. The summed E-state index contributed by atoms with van der Waals surface area (Å²) < 4.78 is 10.3. The molecule has 2 aromatic rings. The predicted molar refractivity (Wildman–Crippen MR) is 77.9 cm³/mol. The van der Waals surface area contributed by atoms with Crippen LogP contribution in [0.3, 0.4) is 0 Å². The Morgan fingerprint density at radius 2 is 2.20 bits per heavy atom. The van der Waals surface area contributed by atoms with Crippen LogP contribution in [0.4, 0.5) is 0 Å². The fourth-order valence-electron chi connectivity index (χ4n) is 1.80. The summed E-state index contributed by atoms with van der Waals surface area (Å²) in [6.45, 7) is 0. The van der Waals surface area contributed by atoms with E-state index in [1.807, 2.05) is 41.8 Å². The molecule has 0 fully saturated rings. The van der Waals surface area contributed by atoms with Gasteiger partial charge in [-0.3, -0.25) is 0 Å². The van der Waals surface area contributed by atoms with Gasteiger partial charge in [-0.15, -0.1) is 11.3 Å². The van der Waals surface area contributed by atoms with Gasteiger partial charge in [0.1, 0.15) is 5.75 Å². The molecule has 1 aliphatic rings. The summed E-state index contributed by atoms with van der Waals surface area (Å²) in [6, 6.07) is 11.2. The molecule has 0 bridgehead atoms. The van der Waals surface area contributed by atoms with Gasteiger partial charge in [0.2, 0.25) is 5.90 Å². The number of aliphatic imine (C=N–C) groups is 1. The summed E-state index contributed by atoms with van der Waals surface area (Å²) in [4.78, 5) is 16.9. The van der Waals surface area contributed by atoms with E-state index in [-0.39, 0.29) is 0 Å². The SMILES string of the molecule is COc1cccc(C=C2N=C(c3cccs3)OC2=O)c1. The number of esters is 1. The monoisotopic (exact) mass is 285 g/mol. The van der Waals surface area contributed by atoms with E-state index in [9.17, 15) is 4.79 Å². The predicted octanol–water partition coefficient (Wildman–Crippen LogP) is 3.10. The van der Waals surface area contributed by atoms with Gasteiger partial charge in [0.15, 0.2) is 5.70 Å². The van der Waals surface area contributed by atoms with Crippen molar-refractivity contribution in [3.63, 3.8) is 0 Å². The van der Waals surface area contributed by atoms with Gasteiger partial charge in [0, 0.05) is 0 Å². The Labute approximate surface area is 120 Å². The van der Waals surface area contributed by atoms with Crippen molar-refractivity contribution < 1.29 is 14.3 Å². The van der Waals surface area contributed by atoms with Crippen molar-refractivity contribution >= 4 is 29.3 Å². The second kappa shape index (κ2) is 5.30. The maximum atomic E-state index is 11.8. The van der Waals surface area contributed by atoms with Crippen LogP contribution in [0.2, 0.25) is 0 Å². The molecule has 1 aliphatic heterocycles. The Morgan fingerprint density at radius 3 is 2.95 bits per heavy atom. The first-order valence-electron chi connectivity index (χ1n) is 5.97. The topological polar surface area (TPSA) is 47.9 Å². The normalized spacial score (nSPS) is 16.1. The number of cyclic esters (lactones) is 1. The number of carbonyl (C=O) groups is 1. The third-order valence-corrected chi connectivity index (χ3v) is 3.61. The molecule has 100 valence electrons. The first-order chi connectivity index (χ1) is 9.76. The Hall–Kier alpha value is -2.40. The lowest BCUT2D eigenvalue weighted by molar-refractivity contribution is -0.129. The van der Waals surface area contributed by atoms with Gasteiger partial charge in [-0.1, -0.05) is 18.2 Å². The van der Waals surface area contributed by atoms with Crippen LogP contribution in [0.1, 0.15) is 10.4 Å². The van der Waals surface area contributed by atoms with Gasteiger partial charge in [0.25, 0.3) is 0 Å². The summed E-state index contributed by atoms with van der Waals surface area (Å²) in [6.07, 6.45) is 1.69. The molecule has 0 radical (unpaired) electrons. The molecule has 0 saturated heterocycles. The zero-order valence-corrected chi connectivity index (χ0v) is 11.5. The number of hydrogen-bond acceptors (Lipinski definition) is 5. The van der Waals surface area contributed by atoms with Crippen LogP contribution in [0.5, 0.6) is 5.75 Å². The Bertz CT molecular complexity index is 702. The van der Waals surface area contributed by atoms with Crippen LogP contribution >= 0.6 is 11.3 Å². The molecule has 0 spiro atoms. The molecule has 5 heteroatoms. The molecule has 2 heterocycles. The van der Waals surface area contributed by atoms with Crippen molar-refractivity contribution in [1.82, 2.24) is 0 Å². The van der Waals surface area contributed by atoms with Crippen LogP contribution in [0, 0.1) is 0 Å². The van der Waals surface area contributed by atoms with E-state index in [4.69, 9.17) is 9.47 Å². The maximum absolute atomic E-state index is 11.8. The van der Waals surface area contributed by atoms with Crippen molar-refractivity contribution in [3.8, 4) is 5.75 Å². The van der Waals surface area contributed by atoms with Crippen molar-refractivity contribution in [3.05, 3.63) is 57.9 Å². The number of methoxy groups -OCH3 is 1. The number of carbonyl (C=O) groups excluding carboxylic acids is 1. The second-order valence-corrected chi connectivity index (χ2v) is 5.04. The lowest BCUT2D eigenvalue weighted by atomic mass is 10.2. The third-order valence-electron chi connectivity index (χ3n) is 2.75. The second-order valence-electron chi connectivity index (χ2n) is 4.09. The molecule has 1 aromatic carbocycles. The maximum Gasteiger partial charge on any atom is 0.363 e. The molecular weight excluding hydrogens is 274 g/mol. The molecule has 0 N–H and O–H groups in total. The minimum absolute atomic E-state index is 0.293. The van der Waals surface area contributed by atoms with Crippen molar-refractivity contribution in [2.24, 2.45) is 4.99 Å². The summed E-state index contributed by atoms with van der Waals surface area (Å²) in [7, 11) is 1.60. The highest BCUT2D eigenvalue weighted by Gasteiger charge is 2.24. The molecule has 1 aromatic heterocycles. The van der Waals surface area contributed by atoms with Crippen molar-refractivity contribution in [2.75, 3.05) is 7.11 Å².